The second kappa shape index (κ2) is 4.58. The first-order valence-electron chi connectivity index (χ1n) is 6.10. The van der Waals surface area contributed by atoms with Crippen molar-refractivity contribution in [1.82, 2.24) is 10.1 Å². The first kappa shape index (κ1) is 12.6. The van der Waals surface area contributed by atoms with E-state index in [1.54, 1.807) is 6.07 Å². The van der Waals surface area contributed by atoms with Gasteiger partial charge < -0.3 is 10.3 Å². The van der Waals surface area contributed by atoms with Gasteiger partial charge in [0, 0.05) is 18.0 Å². The Kier molecular flexibility index (Phi) is 3.03. The third-order valence-corrected chi connectivity index (χ3v) is 3.88. The average molecular weight is 282 g/mol. The zero-order chi connectivity index (χ0) is 13.5. The van der Waals surface area contributed by atoms with Gasteiger partial charge in [-0.15, -0.1) is 0 Å². The van der Waals surface area contributed by atoms with Crippen LogP contribution in [0.25, 0.3) is 0 Å². The Balaban J connectivity index is 1.80. The number of nitrogens with two attached hydrogens (primary N) is 1. The molecule has 3 rings (SSSR count). The molecule has 1 aromatic heterocycles. The van der Waals surface area contributed by atoms with Crippen molar-refractivity contribution in [3.05, 3.63) is 46.3 Å². The molecule has 1 fully saturated rings. The molecule has 0 spiro atoms. The van der Waals surface area contributed by atoms with Crippen LogP contribution in [0.4, 0.5) is 4.39 Å². The van der Waals surface area contributed by atoms with Gasteiger partial charge in [-0.2, -0.15) is 4.98 Å². The molecule has 0 aliphatic heterocycles. The SMILES string of the molecule is NCC1(c2nc(Cc3ccc(F)cc3Cl)no2)CC1. The summed E-state index contributed by atoms with van der Waals surface area (Å²) in [6.45, 7) is 0.520. The Bertz CT molecular complexity index is 610. The molecule has 4 nitrogen and oxygen atoms in total. The summed E-state index contributed by atoms with van der Waals surface area (Å²) in [5.74, 6) is 0.786. The number of rotatable bonds is 4. The van der Waals surface area contributed by atoms with Gasteiger partial charge in [0.1, 0.15) is 5.82 Å². The van der Waals surface area contributed by atoms with Gasteiger partial charge in [0.05, 0.1) is 5.41 Å². The number of halogens is 2. The summed E-state index contributed by atoms with van der Waals surface area (Å²) in [6, 6.07) is 4.27. The summed E-state index contributed by atoms with van der Waals surface area (Å²) in [5.41, 5.74) is 6.37. The molecule has 0 amide bonds. The van der Waals surface area contributed by atoms with E-state index < -0.39 is 0 Å². The minimum absolute atomic E-state index is 0.113. The fourth-order valence-electron chi connectivity index (χ4n) is 2.03. The van der Waals surface area contributed by atoms with E-state index in [1.807, 2.05) is 0 Å². The lowest BCUT2D eigenvalue weighted by Gasteiger charge is -2.03. The predicted octanol–water partition coefficient (Wildman–Crippen LogP) is 2.44. The van der Waals surface area contributed by atoms with E-state index in [9.17, 15) is 4.39 Å². The summed E-state index contributed by atoms with van der Waals surface area (Å²) in [5, 5.41) is 4.30. The Morgan fingerprint density at radius 2 is 2.21 bits per heavy atom. The Labute approximate surface area is 114 Å². The molecule has 1 aromatic carbocycles. The minimum Gasteiger partial charge on any atom is -0.339 e. The van der Waals surface area contributed by atoms with Gasteiger partial charge in [0.15, 0.2) is 5.82 Å². The van der Waals surface area contributed by atoms with E-state index in [1.165, 1.54) is 12.1 Å². The molecule has 19 heavy (non-hydrogen) atoms. The van der Waals surface area contributed by atoms with E-state index in [0.717, 1.165) is 18.4 Å². The van der Waals surface area contributed by atoms with Crippen molar-refractivity contribution in [1.29, 1.82) is 0 Å². The van der Waals surface area contributed by atoms with Crippen molar-refractivity contribution < 1.29 is 8.91 Å². The van der Waals surface area contributed by atoms with Gasteiger partial charge in [-0.25, -0.2) is 4.39 Å². The summed E-state index contributed by atoms with van der Waals surface area (Å²) in [7, 11) is 0. The average Bonchev–Trinajstić information content (AvgIpc) is 3.06. The molecule has 0 saturated heterocycles. The molecule has 1 aliphatic carbocycles. The third kappa shape index (κ3) is 2.35. The van der Waals surface area contributed by atoms with Crippen LogP contribution in [0.1, 0.15) is 30.1 Å². The third-order valence-electron chi connectivity index (χ3n) is 3.53. The fourth-order valence-corrected chi connectivity index (χ4v) is 2.27. The zero-order valence-corrected chi connectivity index (χ0v) is 11.0. The van der Waals surface area contributed by atoms with Crippen LogP contribution >= 0.6 is 11.6 Å². The van der Waals surface area contributed by atoms with Gasteiger partial charge in [-0.3, -0.25) is 0 Å². The molecule has 0 bridgehead atoms. The normalized spacial score (nSPS) is 16.6. The molecule has 0 radical (unpaired) electrons. The van der Waals surface area contributed by atoms with E-state index in [4.69, 9.17) is 21.9 Å². The molecule has 2 N–H and O–H groups in total. The summed E-state index contributed by atoms with van der Waals surface area (Å²) >= 11 is 5.97. The monoisotopic (exact) mass is 281 g/mol. The van der Waals surface area contributed by atoms with Crippen molar-refractivity contribution in [2.45, 2.75) is 24.7 Å². The van der Waals surface area contributed by atoms with Crippen molar-refractivity contribution in [2.75, 3.05) is 6.54 Å². The smallest absolute Gasteiger partial charge is 0.234 e. The molecule has 100 valence electrons. The lowest BCUT2D eigenvalue weighted by atomic mass is 10.1. The van der Waals surface area contributed by atoms with Crippen LogP contribution in [0.15, 0.2) is 22.7 Å². The zero-order valence-electron chi connectivity index (χ0n) is 10.2. The highest BCUT2D eigenvalue weighted by Gasteiger charge is 2.48. The summed E-state index contributed by atoms with van der Waals surface area (Å²) in [4.78, 5) is 4.36. The van der Waals surface area contributed by atoms with Crippen LogP contribution in [-0.4, -0.2) is 16.7 Å². The van der Waals surface area contributed by atoms with Gasteiger partial charge >= 0.3 is 0 Å². The summed E-state index contributed by atoms with van der Waals surface area (Å²) in [6.07, 6.45) is 2.40. The highest BCUT2D eigenvalue weighted by atomic mass is 35.5. The van der Waals surface area contributed by atoms with Crippen LogP contribution in [0.2, 0.25) is 5.02 Å². The number of hydrogen-bond acceptors (Lipinski definition) is 4. The highest BCUT2D eigenvalue weighted by molar-refractivity contribution is 6.31. The first-order valence-corrected chi connectivity index (χ1v) is 6.48. The van der Waals surface area contributed by atoms with E-state index >= 15 is 0 Å². The van der Waals surface area contributed by atoms with Crippen molar-refractivity contribution >= 4 is 11.6 Å². The highest BCUT2D eigenvalue weighted by Crippen LogP contribution is 2.46. The van der Waals surface area contributed by atoms with Crippen LogP contribution in [0, 0.1) is 5.82 Å². The Morgan fingerprint density at radius 1 is 1.42 bits per heavy atom. The van der Waals surface area contributed by atoms with E-state index in [0.29, 0.717) is 29.7 Å². The maximum absolute atomic E-state index is 13.0. The molecular weight excluding hydrogens is 269 g/mol. The maximum atomic E-state index is 13.0. The van der Waals surface area contributed by atoms with Crippen LogP contribution in [0.5, 0.6) is 0 Å². The lowest BCUT2D eigenvalue weighted by Crippen LogP contribution is -2.20. The quantitative estimate of drug-likeness (QED) is 0.935. The molecule has 0 unspecified atom stereocenters. The van der Waals surface area contributed by atoms with E-state index in [2.05, 4.69) is 10.1 Å². The van der Waals surface area contributed by atoms with Crippen LogP contribution in [0.3, 0.4) is 0 Å². The van der Waals surface area contributed by atoms with Crippen molar-refractivity contribution in [3.8, 4) is 0 Å². The van der Waals surface area contributed by atoms with Crippen LogP contribution < -0.4 is 5.73 Å². The van der Waals surface area contributed by atoms with Crippen molar-refractivity contribution in [2.24, 2.45) is 5.73 Å². The molecule has 1 heterocycles. The van der Waals surface area contributed by atoms with Gasteiger partial charge in [0.2, 0.25) is 5.89 Å². The Morgan fingerprint density at radius 3 is 2.84 bits per heavy atom. The molecule has 0 atom stereocenters. The molecule has 1 aliphatic rings. The second-order valence-electron chi connectivity index (χ2n) is 4.91. The molecule has 1 saturated carbocycles. The minimum atomic E-state index is -0.359. The predicted molar refractivity (Wildman–Crippen MR) is 68.5 cm³/mol. The Hall–Kier alpha value is -1.46. The molecule has 6 heteroatoms. The van der Waals surface area contributed by atoms with Crippen molar-refractivity contribution in [3.63, 3.8) is 0 Å². The summed E-state index contributed by atoms with van der Waals surface area (Å²) < 4.78 is 18.2. The first-order chi connectivity index (χ1) is 9.13. The number of nitrogens with zero attached hydrogens (tertiary/aromatic N) is 2. The van der Waals surface area contributed by atoms with E-state index in [-0.39, 0.29) is 11.2 Å². The number of aromatic nitrogens is 2. The largest absolute Gasteiger partial charge is 0.339 e. The van der Waals surface area contributed by atoms with Crippen LogP contribution in [-0.2, 0) is 11.8 Å². The number of benzene rings is 1. The number of hydrogen-bond donors (Lipinski definition) is 1. The fraction of sp³-hybridized carbons (Fsp3) is 0.385. The van der Waals surface area contributed by atoms with Gasteiger partial charge in [-0.1, -0.05) is 22.8 Å². The molecular formula is C13H13ClFN3O. The van der Waals surface area contributed by atoms with Gasteiger partial charge in [-0.05, 0) is 30.5 Å². The second-order valence-corrected chi connectivity index (χ2v) is 5.32. The van der Waals surface area contributed by atoms with Gasteiger partial charge in [0.25, 0.3) is 0 Å². The maximum Gasteiger partial charge on any atom is 0.234 e. The standard InChI is InChI=1S/C13H13ClFN3O/c14-10-6-9(15)2-1-8(10)5-11-17-12(19-18-11)13(7-16)3-4-13/h1-2,6H,3-5,7,16H2. The topological polar surface area (TPSA) is 64.9 Å². The molecule has 2 aromatic rings. The lowest BCUT2D eigenvalue weighted by molar-refractivity contribution is 0.344.